The highest BCUT2D eigenvalue weighted by Crippen LogP contribution is 2.22. The highest BCUT2D eigenvalue weighted by Gasteiger charge is 2.07. The van der Waals surface area contributed by atoms with Gasteiger partial charge in [-0.2, -0.15) is 10.4 Å². The van der Waals surface area contributed by atoms with Gasteiger partial charge in [-0.3, -0.25) is 14.2 Å². The lowest BCUT2D eigenvalue weighted by molar-refractivity contribution is -0.120. The molecule has 0 bridgehead atoms. The van der Waals surface area contributed by atoms with Gasteiger partial charge in [0.15, 0.2) is 0 Å². The molecule has 0 saturated carbocycles. The van der Waals surface area contributed by atoms with Crippen molar-refractivity contribution in [3.05, 3.63) is 42.1 Å². The van der Waals surface area contributed by atoms with Crippen molar-refractivity contribution in [2.24, 2.45) is 5.10 Å². The van der Waals surface area contributed by atoms with Crippen molar-refractivity contribution < 1.29 is 9.59 Å². The lowest BCUT2D eigenvalue weighted by Crippen LogP contribution is -2.15. The maximum atomic E-state index is 11.6. The van der Waals surface area contributed by atoms with Gasteiger partial charge in [0.25, 0.3) is 5.91 Å². The number of allylic oxidation sites excluding steroid dienone is 1. The number of nitrogens with zero attached hydrogens (tertiary/aromatic N) is 3. The number of amides is 1. The van der Waals surface area contributed by atoms with Crippen LogP contribution in [0.4, 0.5) is 0 Å². The average Bonchev–Trinajstić information content (AvgIpc) is 2.86. The maximum absolute atomic E-state index is 11.6. The Labute approximate surface area is 127 Å². The number of hydrogen-bond acceptors (Lipinski definition) is 4. The van der Waals surface area contributed by atoms with Crippen LogP contribution in [0.5, 0.6) is 0 Å². The first-order valence-electron chi connectivity index (χ1n) is 6.60. The molecule has 0 radical (unpaired) electrons. The van der Waals surface area contributed by atoms with E-state index in [4.69, 9.17) is 5.26 Å². The summed E-state index contributed by atoms with van der Waals surface area (Å²) in [7, 11) is 0. The fraction of sp³-hybridized carbons (Fsp3) is 0.125. The van der Waals surface area contributed by atoms with Gasteiger partial charge in [0, 0.05) is 30.3 Å². The number of benzene rings is 1. The largest absolute Gasteiger partial charge is 0.287 e. The summed E-state index contributed by atoms with van der Waals surface area (Å²) in [6, 6.07) is 9.32. The molecule has 6 nitrogen and oxygen atoms in total. The molecule has 0 atom stereocenters. The fourth-order valence-corrected chi connectivity index (χ4v) is 2.01. The number of fused-ring (bicyclic) bond motifs is 1. The van der Waals surface area contributed by atoms with E-state index in [1.807, 2.05) is 24.3 Å². The molecule has 0 aliphatic rings. The Morgan fingerprint density at radius 1 is 1.41 bits per heavy atom. The lowest BCUT2D eigenvalue weighted by atomic mass is 10.1. The zero-order chi connectivity index (χ0) is 15.9. The molecular formula is C16H14N4O2. The van der Waals surface area contributed by atoms with Gasteiger partial charge in [0.2, 0.25) is 5.91 Å². The van der Waals surface area contributed by atoms with Crippen LogP contribution < -0.4 is 5.43 Å². The number of hydrazone groups is 1. The number of carbonyl (C=O) groups excluding carboxylic acids is 2. The average molecular weight is 294 g/mol. The van der Waals surface area contributed by atoms with Crippen molar-refractivity contribution in [3.8, 4) is 6.07 Å². The van der Waals surface area contributed by atoms with Crippen molar-refractivity contribution in [1.29, 1.82) is 5.26 Å². The second kappa shape index (κ2) is 6.99. The Kier molecular flexibility index (Phi) is 4.83. The normalized spacial score (nSPS) is 11.1. The summed E-state index contributed by atoms with van der Waals surface area (Å²) < 4.78 is 1.58. The lowest BCUT2D eigenvalue weighted by Gasteiger charge is -1.96. The highest BCUT2D eigenvalue weighted by molar-refractivity contribution is 5.98. The number of nitriles is 1. The zero-order valence-corrected chi connectivity index (χ0v) is 12.0. The Balaban J connectivity index is 2.17. The van der Waals surface area contributed by atoms with Crippen LogP contribution in [-0.2, 0) is 4.79 Å². The van der Waals surface area contributed by atoms with E-state index in [9.17, 15) is 9.59 Å². The molecule has 1 amide bonds. The van der Waals surface area contributed by atoms with Gasteiger partial charge < -0.3 is 0 Å². The number of para-hydroxylation sites is 1. The van der Waals surface area contributed by atoms with E-state index in [0.717, 1.165) is 16.5 Å². The van der Waals surface area contributed by atoms with E-state index < -0.39 is 5.91 Å². The third-order valence-electron chi connectivity index (χ3n) is 2.95. The summed E-state index contributed by atoms with van der Waals surface area (Å²) in [5, 5.41) is 13.0. The zero-order valence-electron chi connectivity index (χ0n) is 12.0. The number of rotatable bonds is 4. The third kappa shape index (κ3) is 3.46. The van der Waals surface area contributed by atoms with E-state index in [1.54, 1.807) is 29.0 Å². The smallest absolute Gasteiger partial charge is 0.254 e. The summed E-state index contributed by atoms with van der Waals surface area (Å²) in [5.74, 6) is -0.520. The molecule has 0 aliphatic heterocycles. The SMILES string of the molecule is CC(=O)n1cc(/C=C/C=N/NC(=O)CC#N)c2ccccc21. The first kappa shape index (κ1) is 15.2. The molecule has 1 aromatic heterocycles. The molecule has 0 aliphatic carbocycles. The predicted octanol–water partition coefficient (Wildman–Crippen LogP) is 2.33. The van der Waals surface area contributed by atoms with Crippen molar-refractivity contribution in [1.82, 2.24) is 9.99 Å². The number of nitrogens with one attached hydrogen (secondary N) is 1. The molecule has 22 heavy (non-hydrogen) atoms. The van der Waals surface area contributed by atoms with E-state index >= 15 is 0 Å². The molecule has 0 fully saturated rings. The molecule has 0 spiro atoms. The van der Waals surface area contributed by atoms with Crippen LogP contribution >= 0.6 is 0 Å². The number of hydrogen-bond donors (Lipinski definition) is 1. The summed E-state index contributed by atoms with van der Waals surface area (Å²) in [6.07, 6.45) is 6.38. The Morgan fingerprint density at radius 3 is 2.91 bits per heavy atom. The van der Waals surface area contributed by atoms with Gasteiger partial charge >= 0.3 is 0 Å². The molecule has 6 heteroatoms. The summed E-state index contributed by atoms with van der Waals surface area (Å²) in [4.78, 5) is 22.6. The van der Waals surface area contributed by atoms with Crippen LogP contribution in [0.1, 0.15) is 23.7 Å². The van der Waals surface area contributed by atoms with Crippen molar-refractivity contribution in [3.63, 3.8) is 0 Å². The molecule has 2 aromatic rings. The molecular weight excluding hydrogens is 280 g/mol. The number of aromatic nitrogens is 1. The van der Waals surface area contributed by atoms with Crippen LogP contribution in [0.2, 0.25) is 0 Å². The van der Waals surface area contributed by atoms with Crippen LogP contribution in [-0.4, -0.2) is 22.6 Å². The standard InChI is InChI=1S/C16H14N4O2/c1-12(21)20-11-13(14-6-2-3-7-15(14)20)5-4-10-18-19-16(22)8-9-17/h2-7,10-11H,8H2,1H3,(H,19,22)/b5-4+,18-10+. The van der Waals surface area contributed by atoms with Crippen LogP contribution in [0.15, 0.2) is 41.6 Å². The third-order valence-corrected chi connectivity index (χ3v) is 2.95. The van der Waals surface area contributed by atoms with Gasteiger partial charge in [-0.25, -0.2) is 5.43 Å². The minimum Gasteiger partial charge on any atom is -0.287 e. The van der Waals surface area contributed by atoms with Crippen LogP contribution in [0, 0.1) is 11.3 Å². The van der Waals surface area contributed by atoms with Gasteiger partial charge in [-0.05, 0) is 12.1 Å². The molecule has 0 saturated heterocycles. The minimum atomic E-state index is -0.458. The summed E-state index contributed by atoms with van der Waals surface area (Å²) in [6.45, 7) is 1.51. The molecule has 1 heterocycles. The molecule has 0 unspecified atom stereocenters. The van der Waals surface area contributed by atoms with Gasteiger partial charge in [-0.15, -0.1) is 0 Å². The van der Waals surface area contributed by atoms with E-state index in [1.165, 1.54) is 13.1 Å². The Bertz CT molecular complexity index is 809. The Morgan fingerprint density at radius 2 is 2.18 bits per heavy atom. The molecule has 2 rings (SSSR count). The quantitative estimate of drug-likeness (QED) is 0.693. The monoisotopic (exact) mass is 294 g/mol. The molecule has 1 N–H and O–H groups in total. The topological polar surface area (TPSA) is 87.2 Å². The van der Waals surface area contributed by atoms with Crippen LogP contribution in [0.3, 0.4) is 0 Å². The number of carbonyl (C=O) groups is 2. The molecule has 110 valence electrons. The van der Waals surface area contributed by atoms with Crippen molar-refractivity contribution in [2.75, 3.05) is 0 Å². The van der Waals surface area contributed by atoms with Crippen LogP contribution in [0.25, 0.3) is 17.0 Å². The second-order valence-corrected chi connectivity index (χ2v) is 4.50. The summed E-state index contributed by atoms with van der Waals surface area (Å²) >= 11 is 0. The maximum Gasteiger partial charge on any atom is 0.254 e. The fourth-order valence-electron chi connectivity index (χ4n) is 2.01. The van der Waals surface area contributed by atoms with Gasteiger partial charge in [0.05, 0.1) is 11.6 Å². The van der Waals surface area contributed by atoms with Crippen molar-refractivity contribution >= 4 is 35.0 Å². The summed E-state index contributed by atoms with van der Waals surface area (Å²) in [5.41, 5.74) is 3.95. The van der Waals surface area contributed by atoms with E-state index in [-0.39, 0.29) is 12.3 Å². The first-order chi connectivity index (χ1) is 10.6. The van der Waals surface area contributed by atoms with E-state index in [2.05, 4.69) is 10.5 Å². The minimum absolute atomic E-state index is 0.0618. The van der Waals surface area contributed by atoms with E-state index in [0.29, 0.717) is 0 Å². The highest BCUT2D eigenvalue weighted by atomic mass is 16.2. The molecule has 1 aromatic carbocycles. The Hall–Kier alpha value is -3.20. The second-order valence-electron chi connectivity index (χ2n) is 4.50. The van der Waals surface area contributed by atoms with Gasteiger partial charge in [-0.1, -0.05) is 24.3 Å². The van der Waals surface area contributed by atoms with Gasteiger partial charge in [0.1, 0.15) is 6.42 Å². The van der Waals surface area contributed by atoms with Crippen molar-refractivity contribution in [2.45, 2.75) is 13.3 Å². The first-order valence-corrected chi connectivity index (χ1v) is 6.60. The predicted molar refractivity (Wildman–Crippen MR) is 84.1 cm³/mol.